The Bertz CT molecular complexity index is 1210. The van der Waals surface area contributed by atoms with Crippen LogP contribution in [0.4, 0.5) is 5.13 Å². The van der Waals surface area contributed by atoms with E-state index in [1.807, 2.05) is 48.5 Å². The molecule has 170 valence electrons. The summed E-state index contributed by atoms with van der Waals surface area (Å²) < 4.78 is 12.3. The van der Waals surface area contributed by atoms with E-state index < -0.39 is 0 Å². The maximum Gasteiger partial charge on any atom is 0.260 e. The van der Waals surface area contributed by atoms with Crippen LogP contribution in [0.5, 0.6) is 11.5 Å². The number of thiazole rings is 1. The molecule has 33 heavy (non-hydrogen) atoms. The average Bonchev–Trinajstić information content (AvgIpc) is 3.30. The number of unbranched alkanes of at least 4 members (excludes halogenated alkanes) is 2. The van der Waals surface area contributed by atoms with Crippen LogP contribution in [0.1, 0.15) is 42.1 Å². The van der Waals surface area contributed by atoms with Crippen molar-refractivity contribution in [1.29, 1.82) is 0 Å². The minimum atomic E-state index is -0.143. The lowest BCUT2D eigenvalue weighted by atomic mass is 10.1. The van der Waals surface area contributed by atoms with Gasteiger partial charge in [-0.05, 0) is 48.4 Å². The summed E-state index contributed by atoms with van der Waals surface area (Å²) in [5.74, 6) is 1.24. The molecule has 0 fully saturated rings. The number of ether oxygens (including phenoxy) is 2. The molecule has 0 N–H and O–H groups in total. The minimum Gasteiger partial charge on any atom is -0.494 e. The van der Waals surface area contributed by atoms with Crippen molar-refractivity contribution in [2.24, 2.45) is 0 Å². The van der Waals surface area contributed by atoms with E-state index in [0.29, 0.717) is 35.3 Å². The van der Waals surface area contributed by atoms with Gasteiger partial charge in [-0.25, -0.2) is 4.98 Å². The first-order valence-electron chi connectivity index (χ1n) is 11.1. The lowest BCUT2D eigenvalue weighted by molar-refractivity contribution is 0.0984. The molecule has 1 amide bonds. The van der Waals surface area contributed by atoms with E-state index in [2.05, 4.69) is 11.9 Å². The molecule has 2 aromatic carbocycles. The number of carbonyl (C=O) groups is 1. The third-order valence-electron chi connectivity index (χ3n) is 5.23. The second-order valence-electron chi connectivity index (χ2n) is 7.64. The highest BCUT2D eigenvalue weighted by Crippen LogP contribution is 2.35. The first kappa shape index (κ1) is 22.7. The molecule has 4 aromatic rings. The summed E-state index contributed by atoms with van der Waals surface area (Å²) in [6.07, 6.45) is 6.74. The number of rotatable bonds is 10. The van der Waals surface area contributed by atoms with Gasteiger partial charge in [-0.3, -0.25) is 14.7 Å². The van der Waals surface area contributed by atoms with E-state index in [1.54, 1.807) is 30.5 Å². The predicted octanol–water partition coefficient (Wildman–Crippen LogP) is 6.12. The highest BCUT2D eigenvalue weighted by atomic mass is 32.1. The van der Waals surface area contributed by atoms with Gasteiger partial charge in [0, 0.05) is 18.0 Å². The van der Waals surface area contributed by atoms with Crippen LogP contribution in [-0.2, 0) is 6.54 Å². The van der Waals surface area contributed by atoms with Crippen molar-refractivity contribution in [3.8, 4) is 11.5 Å². The molecule has 7 heteroatoms. The normalized spacial score (nSPS) is 10.8. The van der Waals surface area contributed by atoms with Crippen LogP contribution >= 0.6 is 11.3 Å². The Morgan fingerprint density at radius 1 is 1.09 bits per heavy atom. The van der Waals surface area contributed by atoms with Crippen molar-refractivity contribution in [2.75, 3.05) is 18.6 Å². The maximum absolute atomic E-state index is 13.7. The fourth-order valence-electron chi connectivity index (χ4n) is 3.51. The van der Waals surface area contributed by atoms with Crippen molar-refractivity contribution in [3.05, 3.63) is 78.1 Å². The first-order chi connectivity index (χ1) is 16.2. The SMILES string of the molecule is CCCCCOc1cccc(C(=O)N(Cc2cccnc2)c2nc3c(OC)cccc3s2)c1. The molecule has 0 unspecified atom stereocenters. The van der Waals surface area contributed by atoms with E-state index in [4.69, 9.17) is 14.5 Å². The summed E-state index contributed by atoms with van der Waals surface area (Å²) >= 11 is 1.46. The molecule has 0 saturated heterocycles. The number of anilines is 1. The number of carbonyl (C=O) groups excluding carboxylic acids is 1. The van der Waals surface area contributed by atoms with Crippen LogP contribution in [0.15, 0.2) is 67.0 Å². The maximum atomic E-state index is 13.7. The molecule has 0 spiro atoms. The fourth-order valence-corrected chi connectivity index (χ4v) is 4.49. The van der Waals surface area contributed by atoms with Crippen LogP contribution in [0.3, 0.4) is 0 Å². The van der Waals surface area contributed by atoms with E-state index in [0.717, 1.165) is 35.0 Å². The lowest BCUT2D eigenvalue weighted by Crippen LogP contribution is -2.30. The molecule has 2 heterocycles. The third kappa shape index (κ3) is 5.49. The average molecular weight is 462 g/mol. The second-order valence-corrected chi connectivity index (χ2v) is 8.65. The molecule has 0 atom stereocenters. The Morgan fingerprint density at radius 2 is 1.97 bits per heavy atom. The lowest BCUT2D eigenvalue weighted by Gasteiger charge is -2.20. The van der Waals surface area contributed by atoms with Crippen LogP contribution < -0.4 is 14.4 Å². The summed E-state index contributed by atoms with van der Waals surface area (Å²) in [6.45, 7) is 3.16. The zero-order chi connectivity index (χ0) is 23.0. The minimum absolute atomic E-state index is 0.143. The van der Waals surface area contributed by atoms with Gasteiger partial charge >= 0.3 is 0 Å². The number of benzene rings is 2. The Labute approximate surface area is 197 Å². The van der Waals surface area contributed by atoms with Crippen LogP contribution in [-0.4, -0.2) is 29.6 Å². The van der Waals surface area contributed by atoms with Gasteiger partial charge < -0.3 is 9.47 Å². The summed E-state index contributed by atoms with van der Waals surface area (Å²) in [7, 11) is 1.62. The summed E-state index contributed by atoms with van der Waals surface area (Å²) in [5, 5.41) is 0.609. The second kappa shape index (κ2) is 10.9. The number of hydrogen-bond acceptors (Lipinski definition) is 6. The van der Waals surface area contributed by atoms with E-state index in [9.17, 15) is 4.79 Å². The van der Waals surface area contributed by atoms with Crippen molar-refractivity contribution < 1.29 is 14.3 Å². The molecule has 0 aliphatic heterocycles. The summed E-state index contributed by atoms with van der Waals surface area (Å²) in [6, 6.07) is 17.0. The van der Waals surface area contributed by atoms with Crippen molar-refractivity contribution in [2.45, 2.75) is 32.7 Å². The Balaban J connectivity index is 1.66. The van der Waals surface area contributed by atoms with Gasteiger partial charge in [0.25, 0.3) is 5.91 Å². The van der Waals surface area contributed by atoms with Gasteiger partial charge in [-0.15, -0.1) is 0 Å². The Morgan fingerprint density at radius 3 is 2.76 bits per heavy atom. The number of fused-ring (bicyclic) bond motifs is 1. The number of methoxy groups -OCH3 is 1. The van der Waals surface area contributed by atoms with Crippen molar-refractivity contribution >= 4 is 32.6 Å². The molecule has 0 radical (unpaired) electrons. The van der Waals surface area contributed by atoms with Gasteiger partial charge in [0.15, 0.2) is 5.13 Å². The highest BCUT2D eigenvalue weighted by molar-refractivity contribution is 7.22. The van der Waals surface area contributed by atoms with Gasteiger partial charge in [0.1, 0.15) is 17.0 Å². The van der Waals surface area contributed by atoms with Gasteiger partial charge in [0.2, 0.25) is 0 Å². The summed E-state index contributed by atoms with van der Waals surface area (Å²) in [4.78, 5) is 24.4. The van der Waals surface area contributed by atoms with Crippen LogP contribution in [0.2, 0.25) is 0 Å². The Kier molecular flexibility index (Phi) is 7.52. The molecule has 6 nitrogen and oxygen atoms in total. The summed E-state index contributed by atoms with van der Waals surface area (Å²) in [5.41, 5.74) is 2.22. The number of amides is 1. The predicted molar refractivity (Wildman–Crippen MR) is 132 cm³/mol. The largest absolute Gasteiger partial charge is 0.494 e. The number of hydrogen-bond donors (Lipinski definition) is 0. The quantitative estimate of drug-likeness (QED) is 0.266. The van der Waals surface area contributed by atoms with Gasteiger partial charge in [-0.2, -0.15) is 0 Å². The fraction of sp³-hybridized carbons (Fsp3) is 0.269. The third-order valence-corrected chi connectivity index (χ3v) is 6.27. The monoisotopic (exact) mass is 461 g/mol. The van der Waals surface area contributed by atoms with E-state index in [-0.39, 0.29) is 5.91 Å². The molecule has 4 rings (SSSR count). The van der Waals surface area contributed by atoms with Crippen molar-refractivity contribution in [3.63, 3.8) is 0 Å². The zero-order valence-corrected chi connectivity index (χ0v) is 19.7. The highest BCUT2D eigenvalue weighted by Gasteiger charge is 2.23. The standard InChI is InChI=1S/C26H27N3O3S/c1-3-4-5-15-32-21-11-6-10-20(16-21)25(30)29(18-19-9-8-14-27-17-19)26-28-24-22(31-2)12-7-13-23(24)33-26/h6-14,16-17H,3-5,15,18H2,1-2H3. The van der Waals surface area contributed by atoms with Crippen LogP contribution in [0.25, 0.3) is 10.2 Å². The molecule has 0 aliphatic rings. The molecule has 0 saturated carbocycles. The number of pyridine rings is 1. The molecular formula is C26H27N3O3S. The number of aromatic nitrogens is 2. The van der Waals surface area contributed by atoms with Gasteiger partial charge in [-0.1, -0.05) is 49.3 Å². The number of para-hydroxylation sites is 1. The smallest absolute Gasteiger partial charge is 0.260 e. The van der Waals surface area contributed by atoms with Crippen molar-refractivity contribution in [1.82, 2.24) is 9.97 Å². The number of nitrogens with zero attached hydrogens (tertiary/aromatic N) is 3. The van der Waals surface area contributed by atoms with Crippen LogP contribution in [0, 0.1) is 0 Å². The van der Waals surface area contributed by atoms with E-state index >= 15 is 0 Å². The molecule has 0 aliphatic carbocycles. The first-order valence-corrected chi connectivity index (χ1v) is 11.9. The molecule has 2 aromatic heterocycles. The Hall–Kier alpha value is -3.45. The molecule has 0 bridgehead atoms. The molecular weight excluding hydrogens is 434 g/mol. The zero-order valence-electron chi connectivity index (χ0n) is 18.9. The topological polar surface area (TPSA) is 64.5 Å². The van der Waals surface area contributed by atoms with Gasteiger partial charge in [0.05, 0.1) is 25.0 Å². The van der Waals surface area contributed by atoms with E-state index in [1.165, 1.54) is 11.3 Å².